The first-order valence-corrected chi connectivity index (χ1v) is 7.13. The fraction of sp³-hybridized carbons (Fsp3) is 0.625. The fourth-order valence-electron chi connectivity index (χ4n) is 2.61. The molecule has 1 unspecified atom stereocenters. The molecular formula is C16H26N2. The molecule has 0 aromatic heterocycles. The normalized spacial score (nSPS) is 18.9. The Morgan fingerprint density at radius 1 is 1.22 bits per heavy atom. The van der Waals surface area contributed by atoms with Crippen molar-refractivity contribution in [3.63, 3.8) is 0 Å². The second kappa shape index (κ2) is 5.85. The van der Waals surface area contributed by atoms with Gasteiger partial charge in [-0.05, 0) is 36.2 Å². The minimum absolute atomic E-state index is 0.218. The van der Waals surface area contributed by atoms with Crippen molar-refractivity contribution < 1.29 is 0 Å². The molecule has 1 aromatic carbocycles. The van der Waals surface area contributed by atoms with Crippen LogP contribution in [0.3, 0.4) is 0 Å². The fourth-order valence-corrected chi connectivity index (χ4v) is 2.61. The van der Waals surface area contributed by atoms with E-state index in [0.717, 1.165) is 25.4 Å². The summed E-state index contributed by atoms with van der Waals surface area (Å²) in [6.07, 6.45) is 3.72. The van der Waals surface area contributed by atoms with Gasteiger partial charge in [0.05, 0.1) is 0 Å². The van der Waals surface area contributed by atoms with Crippen LogP contribution >= 0.6 is 0 Å². The van der Waals surface area contributed by atoms with Gasteiger partial charge >= 0.3 is 0 Å². The van der Waals surface area contributed by atoms with Crippen LogP contribution in [0.5, 0.6) is 0 Å². The zero-order valence-electron chi connectivity index (χ0n) is 11.7. The Kier molecular flexibility index (Phi) is 4.41. The highest BCUT2D eigenvalue weighted by molar-refractivity contribution is 5.15. The molecule has 0 saturated heterocycles. The highest BCUT2D eigenvalue weighted by Crippen LogP contribution is 2.51. The molecule has 2 nitrogen and oxygen atoms in total. The maximum Gasteiger partial charge on any atom is 0.0206 e. The van der Waals surface area contributed by atoms with Crippen LogP contribution in [0.25, 0.3) is 0 Å². The van der Waals surface area contributed by atoms with Gasteiger partial charge in [0.2, 0.25) is 0 Å². The average Bonchev–Trinajstić information content (AvgIpc) is 3.11. The maximum absolute atomic E-state index is 6.17. The van der Waals surface area contributed by atoms with Crippen molar-refractivity contribution in [2.75, 3.05) is 13.1 Å². The highest BCUT2D eigenvalue weighted by Gasteiger charge is 2.44. The van der Waals surface area contributed by atoms with Crippen LogP contribution < -0.4 is 11.1 Å². The molecule has 18 heavy (non-hydrogen) atoms. The molecule has 1 saturated carbocycles. The van der Waals surface area contributed by atoms with Crippen LogP contribution in [0.4, 0.5) is 0 Å². The molecule has 1 aromatic rings. The summed E-state index contributed by atoms with van der Waals surface area (Å²) in [5.74, 6) is 0.787. The molecule has 1 fully saturated rings. The lowest BCUT2D eigenvalue weighted by atomic mass is 9.92. The molecule has 0 bridgehead atoms. The van der Waals surface area contributed by atoms with E-state index < -0.39 is 0 Å². The summed E-state index contributed by atoms with van der Waals surface area (Å²) in [6, 6.07) is 10.7. The predicted molar refractivity (Wildman–Crippen MR) is 77.5 cm³/mol. The van der Waals surface area contributed by atoms with Crippen LogP contribution in [0.1, 0.15) is 32.3 Å². The van der Waals surface area contributed by atoms with E-state index in [-0.39, 0.29) is 6.04 Å². The molecule has 2 rings (SSSR count). The quantitative estimate of drug-likeness (QED) is 0.776. The number of nitrogens with two attached hydrogens (primary N) is 1. The summed E-state index contributed by atoms with van der Waals surface area (Å²) >= 11 is 0. The maximum atomic E-state index is 6.17. The number of hydrogen-bond acceptors (Lipinski definition) is 2. The highest BCUT2D eigenvalue weighted by atomic mass is 14.9. The zero-order chi connectivity index (χ0) is 13.0. The first-order valence-electron chi connectivity index (χ1n) is 7.13. The molecule has 100 valence electrons. The molecule has 0 radical (unpaired) electrons. The van der Waals surface area contributed by atoms with Gasteiger partial charge in [0.1, 0.15) is 0 Å². The summed E-state index contributed by atoms with van der Waals surface area (Å²) in [5.41, 5.74) is 8.08. The number of benzene rings is 1. The third-order valence-corrected chi connectivity index (χ3v) is 4.34. The molecule has 1 atom stereocenters. The third-order valence-electron chi connectivity index (χ3n) is 4.34. The standard InChI is InChI=1S/C16H26N2/c1-13(2)16(8-9-16)12-18-11-15(17)10-14-6-4-3-5-7-14/h3-7,13,15,18H,8-12,17H2,1-2H3. The SMILES string of the molecule is CC(C)C1(CNCC(N)Cc2ccccc2)CC1. The lowest BCUT2D eigenvalue weighted by Crippen LogP contribution is -2.39. The zero-order valence-corrected chi connectivity index (χ0v) is 11.7. The van der Waals surface area contributed by atoms with Crippen LogP contribution in [-0.4, -0.2) is 19.1 Å². The van der Waals surface area contributed by atoms with E-state index in [0.29, 0.717) is 5.41 Å². The van der Waals surface area contributed by atoms with Gasteiger partial charge in [0.15, 0.2) is 0 Å². The molecule has 1 aliphatic carbocycles. The van der Waals surface area contributed by atoms with Crippen molar-refractivity contribution in [3.8, 4) is 0 Å². The van der Waals surface area contributed by atoms with E-state index in [4.69, 9.17) is 5.73 Å². The van der Waals surface area contributed by atoms with E-state index >= 15 is 0 Å². The molecular weight excluding hydrogens is 220 g/mol. The van der Waals surface area contributed by atoms with Gasteiger partial charge in [-0.2, -0.15) is 0 Å². The number of hydrogen-bond donors (Lipinski definition) is 2. The lowest BCUT2D eigenvalue weighted by molar-refractivity contribution is 0.334. The summed E-state index contributed by atoms with van der Waals surface area (Å²) in [7, 11) is 0. The van der Waals surface area contributed by atoms with Crippen LogP contribution in [0, 0.1) is 11.3 Å². The van der Waals surface area contributed by atoms with Crippen molar-refractivity contribution in [3.05, 3.63) is 35.9 Å². The van der Waals surface area contributed by atoms with Crippen LogP contribution in [0.2, 0.25) is 0 Å². The predicted octanol–water partition coefficient (Wildman–Crippen LogP) is 2.58. The van der Waals surface area contributed by atoms with E-state index in [2.05, 4.69) is 43.4 Å². The first-order chi connectivity index (χ1) is 8.62. The molecule has 0 aliphatic heterocycles. The Labute approximate surface area is 111 Å². The summed E-state index contributed by atoms with van der Waals surface area (Å²) in [4.78, 5) is 0. The van der Waals surface area contributed by atoms with Crippen LogP contribution in [-0.2, 0) is 6.42 Å². The molecule has 3 N–H and O–H groups in total. The van der Waals surface area contributed by atoms with E-state index in [1.807, 2.05) is 6.07 Å². The van der Waals surface area contributed by atoms with Crippen LogP contribution in [0.15, 0.2) is 30.3 Å². The Morgan fingerprint density at radius 3 is 2.44 bits per heavy atom. The monoisotopic (exact) mass is 246 g/mol. The van der Waals surface area contributed by atoms with Gasteiger partial charge in [-0.3, -0.25) is 0 Å². The number of nitrogens with one attached hydrogen (secondary N) is 1. The van der Waals surface area contributed by atoms with Crippen molar-refractivity contribution in [1.82, 2.24) is 5.32 Å². The molecule has 0 heterocycles. The largest absolute Gasteiger partial charge is 0.326 e. The summed E-state index contributed by atoms with van der Waals surface area (Å²) in [6.45, 7) is 6.72. The Hall–Kier alpha value is -0.860. The van der Waals surface area contributed by atoms with Gasteiger partial charge in [0, 0.05) is 19.1 Å². The lowest BCUT2D eigenvalue weighted by Gasteiger charge is -2.21. The second-order valence-corrected chi connectivity index (χ2v) is 6.10. The van der Waals surface area contributed by atoms with Crippen molar-refractivity contribution in [2.24, 2.45) is 17.1 Å². The molecule has 0 spiro atoms. The average molecular weight is 246 g/mol. The second-order valence-electron chi connectivity index (χ2n) is 6.10. The molecule has 1 aliphatic rings. The minimum Gasteiger partial charge on any atom is -0.326 e. The van der Waals surface area contributed by atoms with Gasteiger partial charge in [-0.15, -0.1) is 0 Å². The Balaban J connectivity index is 1.68. The minimum atomic E-state index is 0.218. The van der Waals surface area contributed by atoms with Gasteiger partial charge in [-0.25, -0.2) is 0 Å². The molecule has 0 amide bonds. The van der Waals surface area contributed by atoms with Gasteiger partial charge in [-0.1, -0.05) is 44.2 Å². The number of rotatable bonds is 7. The third kappa shape index (κ3) is 3.56. The van der Waals surface area contributed by atoms with Crippen molar-refractivity contribution in [2.45, 2.75) is 39.2 Å². The topological polar surface area (TPSA) is 38.0 Å². The van der Waals surface area contributed by atoms with Gasteiger partial charge < -0.3 is 11.1 Å². The first kappa shape index (κ1) is 13.6. The van der Waals surface area contributed by atoms with E-state index in [9.17, 15) is 0 Å². The Bertz CT molecular complexity index is 355. The van der Waals surface area contributed by atoms with E-state index in [1.165, 1.54) is 18.4 Å². The summed E-state index contributed by atoms with van der Waals surface area (Å²) in [5, 5.41) is 3.56. The Morgan fingerprint density at radius 2 is 1.89 bits per heavy atom. The summed E-state index contributed by atoms with van der Waals surface area (Å²) < 4.78 is 0. The molecule has 2 heteroatoms. The van der Waals surface area contributed by atoms with E-state index in [1.54, 1.807) is 0 Å². The van der Waals surface area contributed by atoms with Gasteiger partial charge in [0.25, 0.3) is 0 Å². The smallest absolute Gasteiger partial charge is 0.0206 e. The van der Waals surface area contributed by atoms with Crippen molar-refractivity contribution in [1.29, 1.82) is 0 Å². The van der Waals surface area contributed by atoms with Crippen molar-refractivity contribution >= 4 is 0 Å².